The molecule has 1 heterocycles. The van der Waals surface area contributed by atoms with Crippen molar-refractivity contribution in [2.75, 3.05) is 13.1 Å². The van der Waals surface area contributed by atoms with E-state index in [2.05, 4.69) is 5.32 Å². The highest BCUT2D eigenvalue weighted by molar-refractivity contribution is 7.89. The Morgan fingerprint density at radius 3 is 2.23 bits per heavy atom. The van der Waals surface area contributed by atoms with Gasteiger partial charge in [-0.2, -0.15) is 4.31 Å². The van der Waals surface area contributed by atoms with Gasteiger partial charge in [0, 0.05) is 30.6 Å². The van der Waals surface area contributed by atoms with Crippen LogP contribution in [0.5, 0.6) is 0 Å². The molecule has 1 aliphatic heterocycles. The minimum Gasteiger partial charge on any atom is -0.481 e. The lowest BCUT2D eigenvalue weighted by atomic mass is 9.98. The van der Waals surface area contributed by atoms with Gasteiger partial charge in [-0.25, -0.2) is 8.42 Å². The summed E-state index contributed by atoms with van der Waals surface area (Å²) in [6.45, 7) is 4.57. The molecule has 0 aliphatic carbocycles. The Bertz CT molecular complexity index is 750. The van der Waals surface area contributed by atoms with Crippen LogP contribution in [0.3, 0.4) is 0 Å². The predicted molar refractivity (Wildman–Crippen MR) is 97.5 cm³/mol. The molecule has 1 fully saturated rings. The topological polar surface area (TPSA) is 104 Å². The van der Waals surface area contributed by atoms with Crippen LogP contribution in [0, 0.1) is 0 Å². The van der Waals surface area contributed by atoms with Gasteiger partial charge in [-0.3, -0.25) is 9.59 Å². The monoisotopic (exact) mass is 382 g/mol. The lowest BCUT2D eigenvalue weighted by molar-refractivity contribution is -0.137. The van der Waals surface area contributed by atoms with Crippen molar-refractivity contribution in [3.8, 4) is 0 Å². The van der Waals surface area contributed by atoms with Crippen molar-refractivity contribution in [1.82, 2.24) is 9.62 Å². The number of sulfonamides is 1. The van der Waals surface area contributed by atoms with E-state index in [9.17, 15) is 18.0 Å². The van der Waals surface area contributed by atoms with Gasteiger partial charge in [0.15, 0.2) is 0 Å². The molecule has 144 valence electrons. The third kappa shape index (κ3) is 5.28. The fourth-order valence-corrected chi connectivity index (χ4v) is 4.41. The predicted octanol–water partition coefficient (Wildman–Crippen LogP) is 2.23. The largest absolute Gasteiger partial charge is 0.481 e. The highest BCUT2D eigenvalue weighted by atomic mass is 32.2. The number of hydrogen-bond donors (Lipinski definition) is 2. The summed E-state index contributed by atoms with van der Waals surface area (Å²) in [6.07, 6.45) is 3.04. The standard InChI is InChI=1S/C18H26N2O5S/c1-18(2,11-10-16(21)22)19-17(23)14-6-8-15(9-7-14)26(24,25)20-12-4-3-5-13-20/h6-9H,3-5,10-13H2,1-2H3,(H,19,23)(H,21,22). The number of carbonyl (C=O) groups excluding carboxylic acids is 1. The van der Waals surface area contributed by atoms with Gasteiger partial charge in [0.1, 0.15) is 0 Å². The van der Waals surface area contributed by atoms with E-state index in [0.717, 1.165) is 19.3 Å². The molecular formula is C18H26N2O5S. The molecule has 1 aromatic carbocycles. The summed E-state index contributed by atoms with van der Waals surface area (Å²) >= 11 is 0. The number of carbonyl (C=O) groups is 2. The van der Waals surface area contributed by atoms with Crippen molar-refractivity contribution < 1.29 is 23.1 Å². The molecule has 2 N–H and O–H groups in total. The summed E-state index contributed by atoms with van der Waals surface area (Å²) in [6, 6.07) is 5.87. The van der Waals surface area contributed by atoms with Crippen LogP contribution in [-0.2, 0) is 14.8 Å². The maximum atomic E-state index is 12.6. The van der Waals surface area contributed by atoms with Crippen molar-refractivity contribution in [3.63, 3.8) is 0 Å². The fraction of sp³-hybridized carbons (Fsp3) is 0.556. The van der Waals surface area contributed by atoms with E-state index in [-0.39, 0.29) is 17.2 Å². The number of rotatable bonds is 7. The van der Waals surface area contributed by atoms with E-state index >= 15 is 0 Å². The lowest BCUT2D eigenvalue weighted by Crippen LogP contribution is -2.43. The first-order valence-corrected chi connectivity index (χ1v) is 10.2. The van der Waals surface area contributed by atoms with Crippen molar-refractivity contribution in [2.45, 2.75) is 56.4 Å². The van der Waals surface area contributed by atoms with Gasteiger partial charge >= 0.3 is 5.97 Å². The number of nitrogens with one attached hydrogen (secondary N) is 1. The number of benzene rings is 1. The van der Waals surface area contributed by atoms with Crippen LogP contribution < -0.4 is 5.32 Å². The minimum atomic E-state index is -3.52. The third-order valence-electron chi connectivity index (χ3n) is 4.49. The van der Waals surface area contributed by atoms with Crippen molar-refractivity contribution in [3.05, 3.63) is 29.8 Å². The van der Waals surface area contributed by atoms with Crippen LogP contribution >= 0.6 is 0 Å². The lowest BCUT2D eigenvalue weighted by Gasteiger charge is -2.26. The number of nitrogens with zero attached hydrogens (tertiary/aromatic N) is 1. The van der Waals surface area contributed by atoms with Crippen molar-refractivity contribution in [1.29, 1.82) is 0 Å². The highest BCUT2D eigenvalue weighted by Gasteiger charge is 2.26. The summed E-state index contributed by atoms with van der Waals surface area (Å²) < 4.78 is 26.7. The zero-order valence-corrected chi connectivity index (χ0v) is 16.0. The molecule has 1 aliphatic rings. The molecule has 8 heteroatoms. The Morgan fingerprint density at radius 1 is 1.12 bits per heavy atom. The van der Waals surface area contributed by atoms with Gasteiger partial charge in [-0.15, -0.1) is 0 Å². The van der Waals surface area contributed by atoms with Crippen molar-refractivity contribution >= 4 is 21.9 Å². The second-order valence-electron chi connectivity index (χ2n) is 7.22. The average Bonchev–Trinajstić information content (AvgIpc) is 2.60. The van der Waals surface area contributed by atoms with Crippen LogP contribution in [0.15, 0.2) is 29.2 Å². The molecule has 0 radical (unpaired) electrons. The molecule has 1 saturated heterocycles. The van der Waals surface area contributed by atoms with E-state index in [1.165, 1.54) is 28.6 Å². The quantitative estimate of drug-likeness (QED) is 0.753. The molecule has 0 aromatic heterocycles. The molecule has 0 unspecified atom stereocenters. The fourth-order valence-electron chi connectivity index (χ4n) is 2.89. The number of amides is 1. The second-order valence-corrected chi connectivity index (χ2v) is 9.16. The number of aliphatic carboxylic acids is 1. The zero-order chi connectivity index (χ0) is 19.4. The zero-order valence-electron chi connectivity index (χ0n) is 15.2. The SMILES string of the molecule is CC(C)(CCC(=O)O)NC(=O)c1ccc(S(=O)(=O)N2CCCCC2)cc1. The van der Waals surface area contributed by atoms with Crippen LogP contribution in [0.4, 0.5) is 0 Å². The number of piperidine rings is 1. The summed E-state index contributed by atoms with van der Waals surface area (Å²) in [5.74, 6) is -1.28. The first-order chi connectivity index (χ1) is 12.1. The van der Waals surface area contributed by atoms with Gasteiger partial charge in [0.2, 0.25) is 10.0 Å². The second kappa shape index (κ2) is 8.18. The van der Waals surface area contributed by atoms with E-state index < -0.39 is 21.5 Å². The van der Waals surface area contributed by atoms with Gasteiger partial charge in [-0.1, -0.05) is 6.42 Å². The van der Waals surface area contributed by atoms with Crippen LogP contribution in [-0.4, -0.2) is 48.3 Å². The Kier molecular flexibility index (Phi) is 6.41. The first kappa shape index (κ1) is 20.4. The average molecular weight is 382 g/mol. The normalized spacial score (nSPS) is 16.2. The molecule has 0 saturated carbocycles. The molecule has 0 spiro atoms. The molecule has 2 rings (SSSR count). The number of hydrogen-bond acceptors (Lipinski definition) is 4. The molecule has 0 atom stereocenters. The van der Waals surface area contributed by atoms with Crippen LogP contribution in [0.2, 0.25) is 0 Å². The Balaban J connectivity index is 2.06. The number of carboxylic acid groups (broad SMARTS) is 1. The molecule has 26 heavy (non-hydrogen) atoms. The van der Waals surface area contributed by atoms with Gasteiger partial charge < -0.3 is 10.4 Å². The minimum absolute atomic E-state index is 0.0414. The molecule has 1 amide bonds. The van der Waals surface area contributed by atoms with Gasteiger partial charge in [0.25, 0.3) is 5.91 Å². The summed E-state index contributed by atoms with van der Waals surface area (Å²) in [4.78, 5) is 23.2. The van der Waals surface area contributed by atoms with E-state index in [1.807, 2.05) is 0 Å². The summed E-state index contributed by atoms with van der Waals surface area (Å²) in [7, 11) is -3.52. The summed E-state index contributed by atoms with van der Waals surface area (Å²) in [5.41, 5.74) is -0.334. The van der Waals surface area contributed by atoms with Crippen molar-refractivity contribution in [2.24, 2.45) is 0 Å². The highest BCUT2D eigenvalue weighted by Crippen LogP contribution is 2.21. The molecule has 7 nitrogen and oxygen atoms in total. The molecule has 0 bridgehead atoms. The van der Waals surface area contributed by atoms with Gasteiger partial charge in [0.05, 0.1) is 4.90 Å². The molecular weight excluding hydrogens is 356 g/mol. The maximum Gasteiger partial charge on any atom is 0.303 e. The Hall–Kier alpha value is -1.93. The van der Waals surface area contributed by atoms with Crippen LogP contribution in [0.25, 0.3) is 0 Å². The smallest absolute Gasteiger partial charge is 0.303 e. The maximum absolute atomic E-state index is 12.6. The van der Waals surface area contributed by atoms with Gasteiger partial charge in [-0.05, 0) is 57.4 Å². The molecule has 1 aromatic rings. The Morgan fingerprint density at radius 2 is 1.69 bits per heavy atom. The van der Waals surface area contributed by atoms with E-state index in [0.29, 0.717) is 25.1 Å². The number of carboxylic acids is 1. The summed E-state index contributed by atoms with van der Waals surface area (Å²) in [5, 5.41) is 11.6. The van der Waals surface area contributed by atoms with E-state index in [1.54, 1.807) is 13.8 Å². The Labute approximate surface area is 154 Å². The van der Waals surface area contributed by atoms with E-state index in [4.69, 9.17) is 5.11 Å². The first-order valence-electron chi connectivity index (χ1n) is 8.76. The third-order valence-corrected chi connectivity index (χ3v) is 6.40. The van der Waals surface area contributed by atoms with Crippen LogP contribution in [0.1, 0.15) is 56.3 Å².